The summed E-state index contributed by atoms with van der Waals surface area (Å²) in [5.41, 5.74) is 1.57. The van der Waals surface area contributed by atoms with Gasteiger partial charge >= 0.3 is 0 Å². The molecular weight excluding hydrogens is 446 g/mol. The highest BCUT2D eigenvalue weighted by Gasteiger charge is 2.25. The summed E-state index contributed by atoms with van der Waals surface area (Å²) in [6.07, 6.45) is 1.60. The molecule has 0 radical (unpaired) electrons. The van der Waals surface area contributed by atoms with Crippen molar-refractivity contribution in [2.75, 3.05) is 13.1 Å². The van der Waals surface area contributed by atoms with Crippen LogP contribution < -0.4 is 10.6 Å². The van der Waals surface area contributed by atoms with Gasteiger partial charge in [-0.15, -0.1) is 0 Å². The monoisotopic (exact) mass is 471 g/mol. The number of carbonyl (C=O) groups excluding carboxylic acids is 3. The first-order chi connectivity index (χ1) is 14.4. The molecule has 1 fully saturated rings. The van der Waals surface area contributed by atoms with E-state index in [2.05, 4.69) is 26.6 Å². The smallest absolute Gasteiger partial charge is 0.253 e. The Bertz CT molecular complexity index is 878. The molecule has 2 aromatic rings. The van der Waals surface area contributed by atoms with Gasteiger partial charge in [0.25, 0.3) is 5.91 Å². The average molecular weight is 472 g/mol. The van der Waals surface area contributed by atoms with Crippen LogP contribution in [0.3, 0.4) is 0 Å². The maximum absolute atomic E-state index is 12.6. The van der Waals surface area contributed by atoms with Crippen molar-refractivity contribution in [3.63, 3.8) is 0 Å². The Hall–Kier alpha value is -2.67. The maximum Gasteiger partial charge on any atom is 0.253 e. The van der Waals surface area contributed by atoms with Crippen molar-refractivity contribution in [1.82, 2.24) is 15.5 Å². The molecule has 158 valence electrons. The predicted molar refractivity (Wildman–Crippen MR) is 119 cm³/mol. The number of hydrogen-bond donors (Lipinski definition) is 2. The molecule has 7 heteroatoms. The first-order valence-electron chi connectivity index (χ1n) is 10.1. The average Bonchev–Trinajstić information content (AvgIpc) is 2.74. The molecule has 0 aromatic heterocycles. The van der Waals surface area contributed by atoms with Crippen LogP contribution in [0, 0.1) is 0 Å². The highest BCUT2D eigenvalue weighted by atomic mass is 79.9. The molecule has 0 spiro atoms. The van der Waals surface area contributed by atoms with E-state index in [1.807, 2.05) is 59.5 Å². The number of carbonyl (C=O) groups is 3. The van der Waals surface area contributed by atoms with Crippen LogP contribution in [0.2, 0.25) is 0 Å². The summed E-state index contributed by atoms with van der Waals surface area (Å²) in [6, 6.07) is 16.5. The second-order valence-corrected chi connectivity index (χ2v) is 8.42. The van der Waals surface area contributed by atoms with Crippen LogP contribution in [0.5, 0.6) is 0 Å². The summed E-state index contributed by atoms with van der Waals surface area (Å²) >= 11 is 3.40. The lowest BCUT2D eigenvalue weighted by atomic mass is 10.0. The van der Waals surface area contributed by atoms with E-state index in [-0.39, 0.29) is 36.2 Å². The van der Waals surface area contributed by atoms with Crippen LogP contribution in [-0.2, 0) is 9.59 Å². The fraction of sp³-hybridized carbons (Fsp3) is 0.348. The zero-order chi connectivity index (χ0) is 21.5. The zero-order valence-corrected chi connectivity index (χ0v) is 18.5. The maximum atomic E-state index is 12.6. The standard InChI is InChI=1S/C23H26BrN3O3/c1-16(28)25-21(17-7-9-19(24)10-8-17)15-22(29)26-20-11-13-27(14-12-20)23(30)18-5-3-2-4-6-18/h2-10,20-21H,11-15H2,1H3,(H,25,28)(H,26,29). The zero-order valence-electron chi connectivity index (χ0n) is 16.9. The molecule has 1 aliphatic rings. The molecule has 3 amide bonds. The van der Waals surface area contributed by atoms with Gasteiger partial charge in [0.05, 0.1) is 12.5 Å². The summed E-state index contributed by atoms with van der Waals surface area (Å²) in [4.78, 5) is 38.6. The number of amides is 3. The largest absolute Gasteiger partial charge is 0.353 e. The quantitative estimate of drug-likeness (QED) is 0.676. The molecule has 0 saturated carbocycles. The first-order valence-corrected chi connectivity index (χ1v) is 10.9. The number of benzene rings is 2. The van der Waals surface area contributed by atoms with E-state index in [0.29, 0.717) is 31.5 Å². The lowest BCUT2D eigenvalue weighted by Gasteiger charge is -2.32. The van der Waals surface area contributed by atoms with Crippen molar-refractivity contribution in [3.05, 3.63) is 70.2 Å². The van der Waals surface area contributed by atoms with Gasteiger partial charge < -0.3 is 15.5 Å². The molecule has 1 unspecified atom stereocenters. The summed E-state index contributed by atoms with van der Waals surface area (Å²) in [5.74, 6) is -0.255. The number of rotatable bonds is 6. The van der Waals surface area contributed by atoms with Crippen LogP contribution in [0.15, 0.2) is 59.1 Å². The van der Waals surface area contributed by atoms with Crippen LogP contribution in [-0.4, -0.2) is 41.8 Å². The van der Waals surface area contributed by atoms with Crippen LogP contribution >= 0.6 is 15.9 Å². The van der Waals surface area contributed by atoms with E-state index in [1.54, 1.807) is 0 Å². The minimum absolute atomic E-state index is 0.0280. The first kappa shape index (κ1) is 22.0. The third-order valence-corrected chi connectivity index (χ3v) is 5.74. The third kappa shape index (κ3) is 6.16. The van der Waals surface area contributed by atoms with E-state index in [9.17, 15) is 14.4 Å². The lowest BCUT2D eigenvalue weighted by molar-refractivity contribution is -0.123. The van der Waals surface area contributed by atoms with E-state index >= 15 is 0 Å². The molecule has 3 rings (SSSR count). The molecule has 0 aliphatic carbocycles. The van der Waals surface area contributed by atoms with E-state index in [0.717, 1.165) is 10.0 Å². The van der Waals surface area contributed by atoms with Gasteiger partial charge in [-0.1, -0.05) is 46.3 Å². The highest BCUT2D eigenvalue weighted by molar-refractivity contribution is 9.10. The molecule has 1 heterocycles. The van der Waals surface area contributed by atoms with E-state index in [4.69, 9.17) is 0 Å². The Labute approximate surface area is 185 Å². The highest BCUT2D eigenvalue weighted by Crippen LogP contribution is 2.21. The Morgan fingerprint density at radius 3 is 2.27 bits per heavy atom. The number of likely N-dealkylation sites (tertiary alicyclic amines) is 1. The van der Waals surface area contributed by atoms with Gasteiger partial charge in [0.15, 0.2) is 0 Å². The Balaban J connectivity index is 1.52. The number of nitrogens with zero attached hydrogens (tertiary/aromatic N) is 1. The Morgan fingerprint density at radius 2 is 1.67 bits per heavy atom. The van der Waals surface area contributed by atoms with Crippen molar-refractivity contribution < 1.29 is 14.4 Å². The second-order valence-electron chi connectivity index (χ2n) is 7.51. The van der Waals surface area contributed by atoms with Gasteiger partial charge in [-0.2, -0.15) is 0 Å². The summed E-state index contributed by atoms with van der Waals surface area (Å²) in [6.45, 7) is 2.67. The number of hydrogen-bond acceptors (Lipinski definition) is 3. The number of nitrogens with one attached hydrogen (secondary N) is 2. The summed E-state index contributed by atoms with van der Waals surface area (Å²) in [7, 11) is 0. The third-order valence-electron chi connectivity index (χ3n) is 5.21. The van der Waals surface area contributed by atoms with Gasteiger partial charge in [-0.05, 0) is 42.7 Å². The molecule has 2 N–H and O–H groups in total. The van der Waals surface area contributed by atoms with Crippen molar-refractivity contribution in [2.45, 2.75) is 38.3 Å². The van der Waals surface area contributed by atoms with Gasteiger partial charge in [-0.3, -0.25) is 14.4 Å². The van der Waals surface area contributed by atoms with Crippen LogP contribution in [0.1, 0.15) is 48.1 Å². The summed E-state index contributed by atoms with van der Waals surface area (Å²) < 4.78 is 0.939. The molecular formula is C23H26BrN3O3. The Kier molecular flexibility index (Phi) is 7.63. The molecule has 1 atom stereocenters. The summed E-state index contributed by atoms with van der Waals surface area (Å²) in [5, 5.41) is 5.92. The SMILES string of the molecule is CC(=O)NC(CC(=O)NC1CCN(C(=O)c2ccccc2)CC1)c1ccc(Br)cc1. The molecule has 0 bridgehead atoms. The molecule has 1 saturated heterocycles. The molecule has 1 aliphatic heterocycles. The van der Waals surface area contributed by atoms with Crippen LogP contribution in [0.25, 0.3) is 0 Å². The van der Waals surface area contributed by atoms with Crippen molar-refractivity contribution >= 4 is 33.7 Å². The second kappa shape index (κ2) is 10.4. The Morgan fingerprint density at radius 1 is 1.03 bits per heavy atom. The van der Waals surface area contributed by atoms with Gasteiger partial charge in [0, 0.05) is 36.1 Å². The van der Waals surface area contributed by atoms with E-state index < -0.39 is 0 Å². The minimum atomic E-state index is -0.379. The van der Waals surface area contributed by atoms with Crippen LogP contribution in [0.4, 0.5) is 0 Å². The van der Waals surface area contributed by atoms with Crippen molar-refractivity contribution in [3.8, 4) is 0 Å². The molecule has 30 heavy (non-hydrogen) atoms. The van der Waals surface area contributed by atoms with Gasteiger partial charge in [0.1, 0.15) is 0 Å². The van der Waals surface area contributed by atoms with Gasteiger partial charge in [0.2, 0.25) is 11.8 Å². The van der Waals surface area contributed by atoms with Crippen molar-refractivity contribution in [1.29, 1.82) is 0 Å². The lowest BCUT2D eigenvalue weighted by Crippen LogP contribution is -2.47. The van der Waals surface area contributed by atoms with E-state index in [1.165, 1.54) is 6.92 Å². The normalized spacial score (nSPS) is 15.3. The molecule has 6 nitrogen and oxygen atoms in total. The number of piperidine rings is 1. The van der Waals surface area contributed by atoms with Gasteiger partial charge in [-0.25, -0.2) is 0 Å². The van der Waals surface area contributed by atoms with Crippen molar-refractivity contribution in [2.24, 2.45) is 0 Å². The minimum Gasteiger partial charge on any atom is -0.353 e. The topological polar surface area (TPSA) is 78.5 Å². The number of halogens is 1. The fourth-order valence-electron chi connectivity index (χ4n) is 3.65. The predicted octanol–water partition coefficient (Wildman–Crippen LogP) is 3.44. The fourth-order valence-corrected chi connectivity index (χ4v) is 3.92. The molecule has 2 aromatic carbocycles.